The van der Waals surface area contributed by atoms with Gasteiger partial charge >= 0.3 is 0 Å². The van der Waals surface area contributed by atoms with Gasteiger partial charge in [0.15, 0.2) is 5.76 Å². The van der Waals surface area contributed by atoms with Gasteiger partial charge in [-0.15, -0.1) is 0 Å². The van der Waals surface area contributed by atoms with E-state index < -0.39 is 11.6 Å². The van der Waals surface area contributed by atoms with Crippen LogP contribution in [0, 0.1) is 0 Å². The van der Waals surface area contributed by atoms with Crippen molar-refractivity contribution in [2.75, 3.05) is 20.8 Å². The molecule has 0 aromatic heterocycles. The van der Waals surface area contributed by atoms with Gasteiger partial charge in [-0.3, -0.25) is 9.59 Å². The van der Waals surface area contributed by atoms with E-state index in [1.54, 1.807) is 6.92 Å². The number of carbonyl (C=O) groups excluding carboxylic acids is 2. The van der Waals surface area contributed by atoms with Gasteiger partial charge in [0.25, 0.3) is 5.78 Å². The summed E-state index contributed by atoms with van der Waals surface area (Å²) in [5.41, 5.74) is 0. The van der Waals surface area contributed by atoms with E-state index in [1.807, 2.05) is 0 Å². The van der Waals surface area contributed by atoms with Crippen molar-refractivity contribution in [3.05, 3.63) is 23.4 Å². The van der Waals surface area contributed by atoms with E-state index >= 15 is 0 Å². The zero-order chi connectivity index (χ0) is 11.4. The molecule has 0 aliphatic heterocycles. The molecule has 0 aromatic carbocycles. The molecule has 0 radical (unpaired) electrons. The van der Waals surface area contributed by atoms with Crippen molar-refractivity contribution in [1.29, 1.82) is 0 Å². The summed E-state index contributed by atoms with van der Waals surface area (Å²) in [6, 6.07) is 0. The quantitative estimate of drug-likeness (QED) is 0.637. The van der Waals surface area contributed by atoms with Crippen molar-refractivity contribution >= 4 is 11.6 Å². The number of ketones is 2. The Morgan fingerprint density at radius 3 is 2.20 bits per heavy atom. The molecule has 0 amide bonds. The van der Waals surface area contributed by atoms with E-state index in [2.05, 4.69) is 0 Å². The predicted molar refractivity (Wildman–Crippen MR) is 50.8 cm³/mol. The molecule has 15 heavy (non-hydrogen) atoms. The van der Waals surface area contributed by atoms with Crippen LogP contribution < -0.4 is 0 Å². The summed E-state index contributed by atoms with van der Waals surface area (Å²) in [4.78, 5) is 23.1. The van der Waals surface area contributed by atoms with Gasteiger partial charge in [-0.25, -0.2) is 0 Å². The zero-order valence-electron chi connectivity index (χ0n) is 8.83. The second-order valence-corrected chi connectivity index (χ2v) is 2.70. The SMILES string of the molecule is CCOC1=CC(=O)C(OC)=C(OC)C1=O. The minimum absolute atomic E-state index is 0.0137. The van der Waals surface area contributed by atoms with Gasteiger partial charge in [0, 0.05) is 6.08 Å². The summed E-state index contributed by atoms with van der Waals surface area (Å²) in [7, 11) is 2.60. The summed E-state index contributed by atoms with van der Waals surface area (Å²) in [6.45, 7) is 2.03. The first-order chi connectivity index (χ1) is 7.15. The molecule has 0 saturated carbocycles. The van der Waals surface area contributed by atoms with Crippen molar-refractivity contribution in [1.82, 2.24) is 0 Å². The molecule has 0 atom stereocenters. The molecule has 0 bridgehead atoms. The van der Waals surface area contributed by atoms with Crippen LogP contribution in [0.1, 0.15) is 6.92 Å². The maximum absolute atomic E-state index is 11.7. The molecule has 1 aliphatic rings. The monoisotopic (exact) mass is 212 g/mol. The molecule has 0 saturated heterocycles. The van der Waals surface area contributed by atoms with Crippen molar-refractivity contribution in [2.24, 2.45) is 0 Å². The normalized spacial score (nSPS) is 16.3. The number of methoxy groups -OCH3 is 2. The summed E-state index contributed by atoms with van der Waals surface area (Å²) in [5.74, 6) is -1.13. The lowest BCUT2D eigenvalue weighted by atomic mass is 10.1. The Hall–Kier alpha value is -1.78. The molecule has 82 valence electrons. The highest BCUT2D eigenvalue weighted by Gasteiger charge is 2.31. The summed E-state index contributed by atoms with van der Waals surface area (Å²) < 4.78 is 14.6. The highest BCUT2D eigenvalue weighted by molar-refractivity contribution is 6.20. The first kappa shape index (κ1) is 11.3. The molecule has 1 aliphatic carbocycles. The maximum atomic E-state index is 11.7. The molecule has 0 fully saturated rings. The van der Waals surface area contributed by atoms with Crippen LogP contribution in [-0.4, -0.2) is 32.4 Å². The third-order valence-corrected chi connectivity index (χ3v) is 1.83. The van der Waals surface area contributed by atoms with Crippen LogP contribution in [0.2, 0.25) is 0 Å². The Bertz CT molecular complexity index is 351. The fourth-order valence-corrected chi connectivity index (χ4v) is 1.22. The smallest absolute Gasteiger partial charge is 0.266 e. The number of hydrogen-bond acceptors (Lipinski definition) is 5. The molecule has 0 spiro atoms. The van der Waals surface area contributed by atoms with Crippen LogP contribution in [0.4, 0.5) is 0 Å². The maximum Gasteiger partial charge on any atom is 0.266 e. The van der Waals surface area contributed by atoms with Gasteiger partial charge in [0.05, 0.1) is 20.8 Å². The Morgan fingerprint density at radius 1 is 1.13 bits per heavy atom. The lowest BCUT2D eigenvalue weighted by Crippen LogP contribution is -2.22. The van der Waals surface area contributed by atoms with Gasteiger partial charge in [-0.1, -0.05) is 0 Å². The first-order valence-corrected chi connectivity index (χ1v) is 4.41. The Morgan fingerprint density at radius 2 is 1.73 bits per heavy atom. The number of allylic oxidation sites excluding steroid dienone is 1. The largest absolute Gasteiger partial charge is 0.490 e. The Balaban J connectivity index is 3.08. The van der Waals surface area contributed by atoms with Gasteiger partial charge in [0.2, 0.25) is 17.3 Å². The molecular formula is C10H12O5. The number of carbonyl (C=O) groups is 2. The van der Waals surface area contributed by atoms with Crippen molar-refractivity contribution < 1.29 is 23.8 Å². The summed E-state index contributed by atoms with van der Waals surface area (Å²) in [6.07, 6.45) is 1.10. The molecule has 5 nitrogen and oxygen atoms in total. The highest BCUT2D eigenvalue weighted by atomic mass is 16.5. The second kappa shape index (κ2) is 4.63. The molecule has 0 heterocycles. The third-order valence-electron chi connectivity index (χ3n) is 1.83. The minimum Gasteiger partial charge on any atom is -0.490 e. The predicted octanol–water partition coefficient (Wildman–Crippen LogP) is 0.563. The van der Waals surface area contributed by atoms with E-state index in [9.17, 15) is 9.59 Å². The lowest BCUT2D eigenvalue weighted by molar-refractivity contribution is -0.123. The van der Waals surface area contributed by atoms with Gasteiger partial charge in [0.1, 0.15) is 0 Å². The molecular weight excluding hydrogens is 200 g/mol. The van der Waals surface area contributed by atoms with Gasteiger partial charge in [-0.05, 0) is 6.92 Å². The summed E-state index contributed by atoms with van der Waals surface area (Å²) in [5, 5.41) is 0. The number of rotatable bonds is 4. The summed E-state index contributed by atoms with van der Waals surface area (Å²) >= 11 is 0. The lowest BCUT2D eigenvalue weighted by Gasteiger charge is -2.16. The first-order valence-electron chi connectivity index (χ1n) is 4.41. The fourth-order valence-electron chi connectivity index (χ4n) is 1.22. The van der Waals surface area contributed by atoms with E-state index in [0.717, 1.165) is 6.08 Å². The number of ether oxygens (including phenoxy) is 3. The van der Waals surface area contributed by atoms with E-state index in [0.29, 0.717) is 6.61 Å². The average molecular weight is 212 g/mol. The van der Waals surface area contributed by atoms with Crippen LogP contribution in [-0.2, 0) is 23.8 Å². The van der Waals surface area contributed by atoms with Crippen LogP contribution in [0.25, 0.3) is 0 Å². The van der Waals surface area contributed by atoms with E-state index in [1.165, 1.54) is 14.2 Å². The van der Waals surface area contributed by atoms with Gasteiger partial charge < -0.3 is 14.2 Å². The number of hydrogen-bond donors (Lipinski definition) is 0. The Labute approximate surface area is 87.3 Å². The molecule has 5 heteroatoms. The van der Waals surface area contributed by atoms with Crippen LogP contribution >= 0.6 is 0 Å². The standard InChI is InChI=1S/C10H12O5/c1-4-15-7-5-6(11)9(13-2)10(14-3)8(7)12/h5H,4H2,1-3H3. The fraction of sp³-hybridized carbons (Fsp3) is 0.400. The van der Waals surface area contributed by atoms with Crippen LogP contribution in [0.15, 0.2) is 23.4 Å². The minimum atomic E-state index is -0.476. The average Bonchev–Trinajstić information content (AvgIpc) is 2.22. The second-order valence-electron chi connectivity index (χ2n) is 2.70. The molecule has 0 unspecified atom stereocenters. The molecule has 0 aromatic rings. The van der Waals surface area contributed by atoms with Crippen molar-refractivity contribution in [3.8, 4) is 0 Å². The van der Waals surface area contributed by atoms with E-state index in [-0.39, 0.29) is 17.3 Å². The Kier molecular flexibility index (Phi) is 3.49. The number of Topliss-reactive ketones (excluding diaryl/α,β-unsaturated/α-hetero) is 1. The van der Waals surface area contributed by atoms with E-state index in [4.69, 9.17) is 14.2 Å². The molecule has 1 rings (SSSR count). The van der Waals surface area contributed by atoms with Crippen LogP contribution in [0.5, 0.6) is 0 Å². The molecule has 0 N–H and O–H groups in total. The third kappa shape index (κ3) is 2.01. The van der Waals surface area contributed by atoms with Crippen molar-refractivity contribution in [2.45, 2.75) is 6.92 Å². The topological polar surface area (TPSA) is 61.8 Å². The zero-order valence-corrected chi connectivity index (χ0v) is 8.83. The highest BCUT2D eigenvalue weighted by Crippen LogP contribution is 2.20. The van der Waals surface area contributed by atoms with Crippen LogP contribution in [0.3, 0.4) is 0 Å². The van der Waals surface area contributed by atoms with Crippen molar-refractivity contribution in [3.63, 3.8) is 0 Å². The van der Waals surface area contributed by atoms with Gasteiger partial charge in [-0.2, -0.15) is 0 Å².